The molecule has 0 aliphatic carbocycles. The van der Waals surface area contributed by atoms with Gasteiger partial charge in [-0.15, -0.1) is 0 Å². The van der Waals surface area contributed by atoms with Crippen LogP contribution >= 0.6 is 7.60 Å². The fourth-order valence-electron chi connectivity index (χ4n) is 2.21. The predicted octanol–water partition coefficient (Wildman–Crippen LogP) is 4.40. The van der Waals surface area contributed by atoms with Crippen molar-refractivity contribution in [2.75, 3.05) is 21.3 Å². The van der Waals surface area contributed by atoms with Crippen molar-refractivity contribution < 1.29 is 23.1 Å². The highest BCUT2D eigenvalue weighted by atomic mass is 31.2. The summed E-state index contributed by atoms with van der Waals surface area (Å²) in [4.78, 5) is 0. The summed E-state index contributed by atoms with van der Waals surface area (Å²) in [5, 5.41) is 0. The van der Waals surface area contributed by atoms with Crippen LogP contribution in [0.25, 0.3) is 0 Å². The second kappa shape index (κ2) is 8.27. The first kappa shape index (κ1) is 17.7. The van der Waals surface area contributed by atoms with Crippen molar-refractivity contribution in [1.82, 2.24) is 0 Å². The SMILES string of the molecule is COC(c1cccc(OCc2ccccc2)c1)P(=O)(OC)OC. The van der Waals surface area contributed by atoms with Gasteiger partial charge in [-0.25, -0.2) is 0 Å². The Morgan fingerprint density at radius 2 is 1.65 bits per heavy atom. The minimum Gasteiger partial charge on any atom is -0.489 e. The highest BCUT2D eigenvalue weighted by Crippen LogP contribution is 2.60. The molecule has 0 aliphatic heterocycles. The van der Waals surface area contributed by atoms with E-state index in [1.165, 1.54) is 21.3 Å². The summed E-state index contributed by atoms with van der Waals surface area (Å²) < 4.78 is 33.7. The van der Waals surface area contributed by atoms with Crippen LogP contribution < -0.4 is 4.74 Å². The van der Waals surface area contributed by atoms with Gasteiger partial charge >= 0.3 is 7.60 Å². The van der Waals surface area contributed by atoms with Gasteiger partial charge in [0, 0.05) is 21.3 Å². The van der Waals surface area contributed by atoms with Crippen LogP contribution in [0.15, 0.2) is 54.6 Å². The Balaban J connectivity index is 2.16. The lowest BCUT2D eigenvalue weighted by molar-refractivity contribution is 0.123. The van der Waals surface area contributed by atoms with Gasteiger partial charge in [-0.2, -0.15) is 0 Å². The van der Waals surface area contributed by atoms with E-state index < -0.39 is 13.4 Å². The Kier molecular flexibility index (Phi) is 6.37. The first-order valence-electron chi connectivity index (χ1n) is 7.13. The number of methoxy groups -OCH3 is 1. The van der Waals surface area contributed by atoms with Gasteiger partial charge < -0.3 is 18.5 Å². The summed E-state index contributed by atoms with van der Waals surface area (Å²) in [6, 6.07) is 17.1. The van der Waals surface area contributed by atoms with Gasteiger partial charge in [0.1, 0.15) is 12.4 Å². The zero-order valence-electron chi connectivity index (χ0n) is 13.5. The van der Waals surface area contributed by atoms with Crippen molar-refractivity contribution in [3.05, 3.63) is 65.7 Å². The van der Waals surface area contributed by atoms with Crippen molar-refractivity contribution in [3.63, 3.8) is 0 Å². The molecule has 2 aromatic carbocycles. The fourth-order valence-corrected chi connectivity index (χ4v) is 3.53. The van der Waals surface area contributed by atoms with Gasteiger partial charge in [0.25, 0.3) is 0 Å². The van der Waals surface area contributed by atoms with Gasteiger partial charge in [-0.1, -0.05) is 42.5 Å². The molecule has 0 heterocycles. The summed E-state index contributed by atoms with van der Waals surface area (Å²) in [6.07, 6.45) is 0. The smallest absolute Gasteiger partial charge is 0.363 e. The van der Waals surface area contributed by atoms with Crippen LogP contribution in [0.5, 0.6) is 5.75 Å². The van der Waals surface area contributed by atoms with Gasteiger partial charge in [0.05, 0.1) is 0 Å². The molecule has 0 amide bonds. The van der Waals surface area contributed by atoms with E-state index in [0.717, 1.165) is 5.56 Å². The van der Waals surface area contributed by atoms with E-state index in [4.69, 9.17) is 18.5 Å². The van der Waals surface area contributed by atoms with Crippen molar-refractivity contribution in [2.24, 2.45) is 0 Å². The Hall–Kier alpha value is -1.65. The highest BCUT2D eigenvalue weighted by molar-refractivity contribution is 7.54. The molecule has 0 bridgehead atoms. The molecule has 0 saturated carbocycles. The third-order valence-electron chi connectivity index (χ3n) is 3.41. The molecule has 2 aromatic rings. The Morgan fingerprint density at radius 3 is 2.26 bits per heavy atom. The number of hydrogen-bond acceptors (Lipinski definition) is 5. The number of rotatable bonds is 8. The van der Waals surface area contributed by atoms with Crippen LogP contribution in [-0.4, -0.2) is 21.3 Å². The van der Waals surface area contributed by atoms with Gasteiger partial charge in [0.2, 0.25) is 0 Å². The molecule has 6 heteroatoms. The van der Waals surface area contributed by atoms with E-state index in [1.54, 1.807) is 12.1 Å². The Labute approximate surface area is 136 Å². The lowest BCUT2D eigenvalue weighted by Crippen LogP contribution is -2.06. The van der Waals surface area contributed by atoms with Gasteiger partial charge in [-0.05, 0) is 23.3 Å². The van der Waals surface area contributed by atoms with Gasteiger partial charge in [-0.3, -0.25) is 4.57 Å². The van der Waals surface area contributed by atoms with E-state index >= 15 is 0 Å². The molecule has 1 unspecified atom stereocenters. The Morgan fingerprint density at radius 1 is 0.957 bits per heavy atom. The summed E-state index contributed by atoms with van der Waals surface area (Å²) >= 11 is 0. The number of hydrogen-bond donors (Lipinski definition) is 0. The quantitative estimate of drug-likeness (QED) is 0.669. The third-order valence-corrected chi connectivity index (χ3v) is 5.51. The van der Waals surface area contributed by atoms with Crippen LogP contribution in [0.3, 0.4) is 0 Å². The fraction of sp³-hybridized carbons (Fsp3) is 0.294. The zero-order chi connectivity index (χ0) is 16.7. The van der Waals surface area contributed by atoms with Crippen LogP contribution in [-0.2, 0) is 25.0 Å². The van der Waals surface area contributed by atoms with E-state index in [1.807, 2.05) is 42.5 Å². The average molecular weight is 336 g/mol. The van der Waals surface area contributed by atoms with Crippen LogP contribution in [0, 0.1) is 0 Å². The minimum absolute atomic E-state index is 0.453. The highest BCUT2D eigenvalue weighted by Gasteiger charge is 2.35. The molecule has 0 spiro atoms. The zero-order valence-corrected chi connectivity index (χ0v) is 14.4. The van der Waals surface area contributed by atoms with E-state index in [9.17, 15) is 4.57 Å². The molecule has 23 heavy (non-hydrogen) atoms. The number of benzene rings is 2. The second-order valence-corrected chi connectivity index (χ2v) is 7.12. The maximum Gasteiger partial charge on any atom is 0.363 e. The molecule has 124 valence electrons. The van der Waals surface area contributed by atoms with Crippen molar-refractivity contribution in [1.29, 1.82) is 0 Å². The average Bonchev–Trinajstić information content (AvgIpc) is 2.61. The topological polar surface area (TPSA) is 54.0 Å². The molecule has 0 saturated heterocycles. The summed E-state index contributed by atoms with van der Waals surface area (Å²) in [5.74, 6) is -0.148. The molecule has 0 aliphatic rings. The summed E-state index contributed by atoms with van der Waals surface area (Å²) in [6.45, 7) is 0.453. The molecule has 0 N–H and O–H groups in total. The molecular weight excluding hydrogens is 315 g/mol. The Bertz CT molecular complexity index is 651. The molecule has 2 rings (SSSR count). The first-order chi connectivity index (χ1) is 11.1. The second-order valence-electron chi connectivity index (χ2n) is 4.84. The van der Waals surface area contributed by atoms with Crippen molar-refractivity contribution in [2.45, 2.75) is 12.5 Å². The molecule has 0 radical (unpaired) electrons. The summed E-state index contributed by atoms with van der Waals surface area (Å²) in [7, 11) is 0.756. The maximum absolute atomic E-state index is 12.6. The minimum atomic E-state index is -3.39. The van der Waals surface area contributed by atoms with Gasteiger partial charge in [0.15, 0.2) is 5.85 Å². The monoisotopic (exact) mass is 336 g/mol. The van der Waals surface area contributed by atoms with E-state index in [0.29, 0.717) is 17.9 Å². The standard InChI is InChI=1S/C17H21O5P/c1-19-17(23(18,20-2)21-3)15-10-7-11-16(12-15)22-13-14-8-5-4-6-9-14/h4-12,17H,13H2,1-3H3. The van der Waals surface area contributed by atoms with Crippen LogP contribution in [0.2, 0.25) is 0 Å². The molecule has 0 fully saturated rings. The van der Waals surface area contributed by atoms with Crippen molar-refractivity contribution in [3.8, 4) is 5.75 Å². The molecule has 0 aromatic heterocycles. The normalized spacial score (nSPS) is 12.8. The molecule has 5 nitrogen and oxygen atoms in total. The van der Waals surface area contributed by atoms with E-state index in [2.05, 4.69) is 0 Å². The molecular formula is C17H21O5P. The molecule has 1 atom stereocenters. The largest absolute Gasteiger partial charge is 0.489 e. The van der Waals surface area contributed by atoms with E-state index in [-0.39, 0.29) is 0 Å². The lowest BCUT2D eigenvalue weighted by Gasteiger charge is -2.23. The first-order valence-corrected chi connectivity index (χ1v) is 8.75. The van der Waals surface area contributed by atoms with Crippen molar-refractivity contribution >= 4 is 7.60 Å². The van der Waals surface area contributed by atoms with Crippen LogP contribution in [0.4, 0.5) is 0 Å². The van der Waals surface area contributed by atoms with Crippen LogP contribution in [0.1, 0.15) is 17.0 Å². The lowest BCUT2D eigenvalue weighted by atomic mass is 10.2. The predicted molar refractivity (Wildman–Crippen MR) is 88.6 cm³/mol. The third kappa shape index (κ3) is 4.43. The number of ether oxygens (including phenoxy) is 2. The maximum atomic E-state index is 12.6. The summed E-state index contributed by atoms with van der Waals surface area (Å²) in [5.41, 5.74) is 1.74.